The first-order valence-electron chi connectivity index (χ1n) is 8.55. The van der Waals surface area contributed by atoms with Crippen LogP contribution in [0.1, 0.15) is 26.2 Å². The van der Waals surface area contributed by atoms with Crippen molar-refractivity contribution < 1.29 is 27.3 Å². The highest BCUT2D eigenvalue weighted by Gasteiger charge is 2.36. The Bertz CT molecular complexity index is 332. The number of carbonyl (C=O) groups is 1. The fourth-order valence-corrected chi connectivity index (χ4v) is 5.24. The van der Waals surface area contributed by atoms with Crippen LogP contribution in [0.4, 0.5) is 0 Å². The van der Waals surface area contributed by atoms with Crippen molar-refractivity contribution in [2.24, 2.45) is 0 Å². The van der Waals surface area contributed by atoms with E-state index in [2.05, 4.69) is 21.0 Å². The van der Waals surface area contributed by atoms with Crippen LogP contribution in [0.5, 0.6) is 0 Å². The standard InChI is InChI=1S/C16H36NO5SSi/c1-7-10-17(2,3)11-12-22-16(18)9-14-23-13-8-15-24(19-4,20-5)21-6/h7-15H2,1-6H3/q+1. The molecule has 0 saturated heterocycles. The van der Waals surface area contributed by atoms with E-state index in [1.807, 2.05) is 0 Å². The van der Waals surface area contributed by atoms with Gasteiger partial charge < -0.3 is 22.5 Å². The lowest BCUT2D eigenvalue weighted by Gasteiger charge is -2.28. The van der Waals surface area contributed by atoms with E-state index >= 15 is 0 Å². The quantitative estimate of drug-likeness (QED) is 0.188. The molecule has 8 heteroatoms. The number of nitrogens with zero attached hydrogens (tertiary/aromatic N) is 1. The first kappa shape index (κ1) is 23.9. The van der Waals surface area contributed by atoms with E-state index in [0.717, 1.165) is 48.0 Å². The van der Waals surface area contributed by atoms with Crippen LogP contribution in [-0.2, 0) is 22.8 Å². The summed E-state index contributed by atoms with van der Waals surface area (Å²) in [6.07, 6.45) is 2.55. The number of rotatable bonds is 15. The molecule has 0 aliphatic heterocycles. The minimum atomic E-state index is -2.45. The van der Waals surface area contributed by atoms with Crippen molar-refractivity contribution in [1.82, 2.24) is 0 Å². The highest BCUT2D eigenvalue weighted by Crippen LogP contribution is 2.17. The molecule has 0 aliphatic rings. The van der Waals surface area contributed by atoms with E-state index in [1.165, 1.54) is 0 Å². The summed E-state index contributed by atoms with van der Waals surface area (Å²) in [5.41, 5.74) is 0. The summed E-state index contributed by atoms with van der Waals surface area (Å²) in [5, 5.41) is 0. The second-order valence-corrected chi connectivity index (χ2v) is 10.7. The van der Waals surface area contributed by atoms with Gasteiger partial charge in [-0.15, -0.1) is 0 Å². The van der Waals surface area contributed by atoms with Crippen molar-refractivity contribution in [1.29, 1.82) is 0 Å². The van der Waals surface area contributed by atoms with Gasteiger partial charge in [0.05, 0.1) is 27.1 Å². The molecular formula is C16H36NO5SSi+. The molecule has 0 N–H and O–H groups in total. The summed E-state index contributed by atoms with van der Waals surface area (Å²) >= 11 is 1.75. The van der Waals surface area contributed by atoms with Crippen LogP contribution in [0.15, 0.2) is 0 Å². The molecule has 0 aromatic heterocycles. The van der Waals surface area contributed by atoms with Crippen LogP contribution >= 0.6 is 11.8 Å². The Kier molecular flexibility index (Phi) is 13.1. The van der Waals surface area contributed by atoms with Crippen molar-refractivity contribution in [3.05, 3.63) is 0 Å². The third-order valence-corrected chi connectivity index (χ3v) is 7.85. The number of esters is 1. The molecule has 0 amide bonds. The maximum absolute atomic E-state index is 11.7. The lowest BCUT2D eigenvalue weighted by molar-refractivity contribution is -0.890. The molecule has 0 aromatic carbocycles. The number of carbonyl (C=O) groups excluding carboxylic acids is 1. The first-order valence-corrected chi connectivity index (χ1v) is 11.6. The molecule has 144 valence electrons. The van der Waals surface area contributed by atoms with E-state index in [4.69, 9.17) is 18.0 Å². The maximum atomic E-state index is 11.7. The average Bonchev–Trinajstić information content (AvgIpc) is 2.54. The Hall–Kier alpha value is -0.123. The fourth-order valence-electron chi connectivity index (χ4n) is 2.40. The number of hydrogen-bond donors (Lipinski definition) is 0. The molecule has 0 aliphatic carbocycles. The number of thioether (sulfide) groups is 1. The van der Waals surface area contributed by atoms with Gasteiger partial charge in [0.15, 0.2) is 0 Å². The molecule has 0 unspecified atom stereocenters. The van der Waals surface area contributed by atoms with E-state index in [-0.39, 0.29) is 5.97 Å². The molecule has 0 atom stereocenters. The molecule has 0 aromatic rings. The van der Waals surface area contributed by atoms with E-state index < -0.39 is 8.80 Å². The van der Waals surface area contributed by atoms with Crippen LogP contribution in [0.2, 0.25) is 6.04 Å². The van der Waals surface area contributed by atoms with Crippen LogP contribution in [0.3, 0.4) is 0 Å². The summed E-state index contributed by atoms with van der Waals surface area (Å²) < 4.78 is 22.3. The van der Waals surface area contributed by atoms with Crippen molar-refractivity contribution >= 4 is 26.5 Å². The highest BCUT2D eigenvalue weighted by molar-refractivity contribution is 7.99. The lowest BCUT2D eigenvalue weighted by atomic mass is 10.4. The third-order valence-electron chi connectivity index (χ3n) is 3.94. The zero-order valence-electron chi connectivity index (χ0n) is 16.3. The van der Waals surface area contributed by atoms with Gasteiger partial charge >= 0.3 is 14.8 Å². The molecule has 24 heavy (non-hydrogen) atoms. The Balaban J connectivity index is 3.69. The predicted octanol–water partition coefficient (Wildman–Crippen LogP) is 2.41. The summed E-state index contributed by atoms with van der Waals surface area (Å²) in [5.74, 6) is 1.64. The van der Waals surface area contributed by atoms with Crippen LogP contribution < -0.4 is 0 Å². The smallest absolute Gasteiger partial charge is 0.460 e. The summed E-state index contributed by atoms with van der Waals surface area (Å²) in [7, 11) is 6.76. The minimum Gasteiger partial charge on any atom is -0.460 e. The largest absolute Gasteiger partial charge is 0.500 e. The molecule has 0 heterocycles. The normalized spacial score (nSPS) is 12.4. The van der Waals surface area contributed by atoms with E-state index in [1.54, 1.807) is 33.1 Å². The molecular weight excluding hydrogens is 346 g/mol. The Morgan fingerprint density at radius 2 is 1.67 bits per heavy atom. The number of ether oxygens (including phenoxy) is 1. The van der Waals surface area contributed by atoms with Crippen molar-refractivity contribution in [3.8, 4) is 0 Å². The average molecular weight is 383 g/mol. The van der Waals surface area contributed by atoms with E-state index in [9.17, 15) is 4.79 Å². The van der Waals surface area contributed by atoms with Crippen molar-refractivity contribution in [3.63, 3.8) is 0 Å². The van der Waals surface area contributed by atoms with Crippen molar-refractivity contribution in [2.75, 3.05) is 66.6 Å². The van der Waals surface area contributed by atoms with Gasteiger partial charge in [0, 0.05) is 33.1 Å². The zero-order chi connectivity index (χ0) is 18.5. The minimum absolute atomic E-state index is 0.103. The highest BCUT2D eigenvalue weighted by atomic mass is 32.2. The molecule has 0 saturated carbocycles. The van der Waals surface area contributed by atoms with Gasteiger partial charge in [0.25, 0.3) is 0 Å². The number of hydrogen-bond acceptors (Lipinski definition) is 6. The van der Waals surface area contributed by atoms with Gasteiger partial charge in [0.2, 0.25) is 0 Å². The second-order valence-electron chi connectivity index (χ2n) is 6.36. The topological polar surface area (TPSA) is 54.0 Å². The van der Waals surface area contributed by atoms with Gasteiger partial charge in [-0.2, -0.15) is 11.8 Å². The Morgan fingerprint density at radius 3 is 2.21 bits per heavy atom. The van der Waals surface area contributed by atoms with Gasteiger partial charge in [-0.1, -0.05) is 6.92 Å². The van der Waals surface area contributed by atoms with Gasteiger partial charge in [-0.05, 0) is 18.6 Å². The van der Waals surface area contributed by atoms with Crippen LogP contribution in [-0.4, -0.2) is 85.9 Å². The monoisotopic (exact) mass is 382 g/mol. The van der Waals surface area contributed by atoms with Crippen LogP contribution in [0, 0.1) is 0 Å². The second kappa shape index (κ2) is 13.1. The molecule has 6 nitrogen and oxygen atoms in total. The summed E-state index contributed by atoms with van der Waals surface area (Å²) in [6, 6.07) is 0.790. The van der Waals surface area contributed by atoms with Crippen LogP contribution in [0.25, 0.3) is 0 Å². The number of quaternary nitrogens is 1. The number of likely N-dealkylation sites (N-methyl/N-ethyl adjacent to an activating group) is 1. The van der Waals surface area contributed by atoms with Gasteiger partial charge in [-0.25, -0.2) is 0 Å². The first-order chi connectivity index (χ1) is 11.3. The third kappa shape index (κ3) is 10.7. The Labute approximate surface area is 153 Å². The summed E-state index contributed by atoms with van der Waals surface area (Å²) in [6.45, 7) is 4.63. The molecule has 0 rings (SSSR count). The van der Waals surface area contributed by atoms with Crippen molar-refractivity contribution in [2.45, 2.75) is 32.2 Å². The summed E-state index contributed by atoms with van der Waals surface area (Å²) in [4.78, 5) is 11.7. The molecule has 0 bridgehead atoms. The van der Waals surface area contributed by atoms with Gasteiger partial charge in [0.1, 0.15) is 13.2 Å². The molecule has 0 spiro atoms. The predicted molar refractivity (Wildman–Crippen MR) is 101 cm³/mol. The lowest BCUT2D eigenvalue weighted by Crippen LogP contribution is -2.43. The molecule has 0 radical (unpaired) electrons. The SMILES string of the molecule is CCC[N+](C)(C)CCOC(=O)CCSCCC[Si](OC)(OC)OC. The maximum Gasteiger partial charge on any atom is 0.500 e. The molecule has 0 fully saturated rings. The Morgan fingerprint density at radius 1 is 1.04 bits per heavy atom. The van der Waals surface area contributed by atoms with Gasteiger partial charge in [-0.3, -0.25) is 4.79 Å². The fraction of sp³-hybridized carbons (Fsp3) is 0.938. The zero-order valence-corrected chi connectivity index (χ0v) is 18.1. The van der Waals surface area contributed by atoms with E-state index in [0.29, 0.717) is 13.0 Å².